The van der Waals surface area contributed by atoms with Gasteiger partial charge in [0.1, 0.15) is 11.4 Å². The minimum absolute atomic E-state index is 0.0113. The number of amides is 1. The maximum Gasteiger partial charge on any atom is 0.297 e. The molecule has 0 aliphatic heterocycles. The first-order valence-corrected chi connectivity index (χ1v) is 8.49. The van der Waals surface area contributed by atoms with Crippen LogP contribution in [-0.2, 0) is 15.8 Å². The molecule has 0 atom stereocenters. The van der Waals surface area contributed by atoms with Crippen molar-refractivity contribution in [2.24, 2.45) is 0 Å². The average Bonchev–Trinajstić information content (AvgIpc) is 2.95. The number of nitrogens with zero attached hydrogens (tertiary/aromatic N) is 1. The van der Waals surface area contributed by atoms with E-state index in [1.54, 1.807) is 0 Å². The van der Waals surface area contributed by atoms with Gasteiger partial charge in [0.05, 0.1) is 11.3 Å². The van der Waals surface area contributed by atoms with Gasteiger partial charge in [-0.2, -0.15) is 0 Å². The first-order chi connectivity index (χ1) is 11.2. The van der Waals surface area contributed by atoms with Crippen molar-refractivity contribution in [2.45, 2.75) is 12.2 Å². The first kappa shape index (κ1) is 18.1. The van der Waals surface area contributed by atoms with Crippen LogP contribution < -0.4 is 10.0 Å². The zero-order valence-electron chi connectivity index (χ0n) is 12.2. The Bertz CT molecular complexity index is 855. The molecule has 1 aromatic carbocycles. The second-order valence-electron chi connectivity index (χ2n) is 4.59. The average molecular weight is 380 g/mol. The summed E-state index contributed by atoms with van der Waals surface area (Å²) >= 11 is 5.80. The summed E-state index contributed by atoms with van der Waals surface area (Å²) in [6, 6.07) is 3.95. The van der Waals surface area contributed by atoms with E-state index in [4.69, 9.17) is 11.6 Å². The lowest BCUT2D eigenvalue weighted by Crippen LogP contribution is -2.22. The molecular formula is C13H12ClF2N3O4S. The third-order valence-corrected chi connectivity index (χ3v) is 4.34. The number of carbonyl (C=O) groups excluding carboxylic acids is 1. The SMILES string of the molecule is CNC(=O)c1cc(Cl)ccc1NS(=O)(=O)Cc1ncoc1C(F)F. The molecule has 1 heterocycles. The first-order valence-electron chi connectivity index (χ1n) is 6.46. The molecule has 2 aromatic rings. The lowest BCUT2D eigenvalue weighted by molar-refractivity contribution is 0.0964. The summed E-state index contributed by atoms with van der Waals surface area (Å²) in [6.45, 7) is 0. The molecule has 0 bridgehead atoms. The molecule has 0 radical (unpaired) electrons. The van der Waals surface area contributed by atoms with E-state index in [2.05, 4.69) is 19.4 Å². The molecule has 1 aromatic heterocycles. The van der Waals surface area contributed by atoms with Crippen molar-refractivity contribution < 1.29 is 26.4 Å². The number of rotatable bonds is 6. The molecule has 0 unspecified atom stereocenters. The second-order valence-corrected chi connectivity index (χ2v) is 6.75. The summed E-state index contributed by atoms with van der Waals surface area (Å²) in [5, 5.41) is 2.58. The van der Waals surface area contributed by atoms with E-state index in [9.17, 15) is 22.0 Å². The fourth-order valence-corrected chi connectivity index (χ4v) is 3.21. The Morgan fingerprint density at radius 2 is 2.12 bits per heavy atom. The molecule has 0 fully saturated rings. The number of halogens is 3. The number of sulfonamides is 1. The van der Waals surface area contributed by atoms with Crippen LogP contribution in [-0.4, -0.2) is 26.4 Å². The van der Waals surface area contributed by atoms with Gasteiger partial charge in [0.15, 0.2) is 12.2 Å². The van der Waals surface area contributed by atoms with Gasteiger partial charge in [0.2, 0.25) is 10.0 Å². The molecule has 0 saturated carbocycles. The summed E-state index contributed by atoms with van der Waals surface area (Å²) < 4.78 is 56.4. The van der Waals surface area contributed by atoms with Crippen molar-refractivity contribution in [2.75, 3.05) is 11.8 Å². The lowest BCUT2D eigenvalue weighted by atomic mass is 10.2. The minimum atomic E-state index is -4.12. The van der Waals surface area contributed by atoms with E-state index in [1.807, 2.05) is 0 Å². The van der Waals surface area contributed by atoms with Crippen LogP contribution in [0.4, 0.5) is 14.5 Å². The van der Waals surface area contributed by atoms with Gasteiger partial charge in [-0.1, -0.05) is 11.6 Å². The predicted octanol–water partition coefficient (Wildman–Crippen LogP) is 2.57. The Labute approximate surface area is 141 Å². The highest BCUT2D eigenvalue weighted by Crippen LogP contribution is 2.25. The molecule has 11 heteroatoms. The summed E-state index contributed by atoms with van der Waals surface area (Å²) in [4.78, 5) is 15.3. The van der Waals surface area contributed by atoms with Gasteiger partial charge >= 0.3 is 0 Å². The highest BCUT2D eigenvalue weighted by Gasteiger charge is 2.24. The minimum Gasteiger partial charge on any atom is -0.442 e. The third kappa shape index (κ3) is 4.20. The van der Waals surface area contributed by atoms with Crippen LogP contribution in [0.25, 0.3) is 0 Å². The largest absolute Gasteiger partial charge is 0.442 e. The van der Waals surface area contributed by atoms with E-state index in [1.165, 1.54) is 25.2 Å². The summed E-state index contributed by atoms with van der Waals surface area (Å²) in [5.41, 5.74) is -0.461. The molecule has 0 aliphatic rings. The molecule has 130 valence electrons. The summed E-state index contributed by atoms with van der Waals surface area (Å²) in [7, 11) is -2.75. The summed E-state index contributed by atoms with van der Waals surface area (Å²) in [5.74, 6) is -2.22. The molecule has 2 N–H and O–H groups in total. The molecular weight excluding hydrogens is 368 g/mol. The number of hydrogen-bond acceptors (Lipinski definition) is 5. The zero-order valence-corrected chi connectivity index (χ0v) is 13.8. The zero-order chi connectivity index (χ0) is 17.9. The fourth-order valence-electron chi connectivity index (χ4n) is 1.88. The van der Waals surface area contributed by atoms with E-state index in [0.29, 0.717) is 0 Å². The van der Waals surface area contributed by atoms with Crippen LogP contribution in [0.5, 0.6) is 0 Å². The van der Waals surface area contributed by atoms with Gasteiger partial charge in [-0.15, -0.1) is 0 Å². The Morgan fingerprint density at radius 1 is 1.42 bits per heavy atom. The van der Waals surface area contributed by atoms with Crippen molar-refractivity contribution >= 4 is 33.2 Å². The van der Waals surface area contributed by atoms with E-state index >= 15 is 0 Å². The van der Waals surface area contributed by atoms with Crippen LogP contribution in [0.15, 0.2) is 29.0 Å². The van der Waals surface area contributed by atoms with Gasteiger partial charge in [-0.3, -0.25) is 9.52 Å². The standard InChI is InChI=1S/C13H12ClF2N3O4S/c1-17-13(20)8-4-7(14)2-3-9(8)19-24(21,22)5-10-11(12(15)16)23-6-18-10/h2-4,6,12,19H,5H2,1H3,(H,17,20). The maximum absolute atomic E-state index is 12.7. The second kappa shape index (κ2) is 7.14. The Balaban J connectivity index is 2.30. The van der Waals surface area contributed by atoms with Crippen LogP contribution >= 0.6 is 11.6 Å². The maximum atomic E-state index is 12.7. The van der Waals surface area contributed by atoms with E-state index in [0.717, 1.165) is 6.39 Å². The quantitative estimate of drug-likeness (QED) is 0.803. The van der Waals surface area contributed by atoms with Crippen molar-refractivity contribution in [3.63, 3.8) is 0 Å². The number of hydrogen-bond donors (Lipinski definition) is 2. The number of aromatic nitrogens is 1. The van der Waals surface area contributed by atoms with Crippen molar-refractivity contribution in [3.8, 4) is 0 Å². The van der Waals surface area contributed by atoms with Gasteiger partial charge in [0.25, 0.3) is 12.3 Å². The highest BCUT2D eigenvalue weighted by atomic mass is 35.5. The van der Waals surface area contributed by atoms with Gasteiger partial charge in [0, 0.05) is 12.1 Å². The van der Waals surface area contributed by atoms with Crippen molar-refractivity contribution in [1.29, 1.82) is 0 Å². The molecule has 24 heavy (non-hydrogen) atoms. The molecule has 0 saturated heterocycles. The van der Waals surface area contributed by atoms with Crippen molar-refractivity contribution in [1.82, 2.24) is 10.3 Å². The van der Waals surface area contributed by atoms with Gasteiger partial charge in [-0.25, -0.2) is 22.2 Å². The Hall–Kier alpha value is -2.20. The highest BCUT2D eigenvalue weighted by molar-refractivity contribution is 7.91. The lowest BCUT2D eigenvalue weighted by Gasteiger charge is -2.12. The molecule has 0 spiro atoms. The predicted molar refractivity (Wildman–Crippen MR) is 82.5 cm³/mol. The van der Waals surface area contributed by atoms with Crippen LogP contribution in [0.1, 0.15) is 28.2 Å². The van der Waals surface area contributed by atoms with Gasteiger partial charge in [-0.05, 0) is 18.2 Å². The van der Waals surface area contributed by atoms with Crippen LogP contribution in [0.2, 0.25) is 5.02 Å². The molecule has 7 nitrogen and oxygen atoms in total. The molecule has 1 amide bonds. The number of carbonyl (C=O) groups is 1. The smallest absolute Gasteiger partial charge is 0.297 e. The van der Waals surface area contributed by atoms with Crippen LogP contribution in [0, 0.1) is 0 Å². The number of nitrogens with one attached hydrogen (secondary N) is 2. The number of alkyl halides is 2. The monoisotopic (exact) mass is 379 g/mol. The fraction of sp³-hybridized carbons (Fsp3) is 0.231. The van der Waals surface area contributed by atoms with E-state index < -0.39 is 39.6 Å². The Kier molecular flexibility index (Phi) is 5.40. The Morgan fingerprint density at radius 3 is 2.75 bits per heavy atom. The van der Waals surface area contributed by atoms with E-state index in [-0.39, 0.29) is 16.3 Å². The number of anilines is 1. The number of oxazole rings is 1. The summed E-state index contributed by atoms with van der Waals surface area (Å²) in [6.07, 6.45) is -2.25. The number of benzene rings is 1. The van der Waals surface area contributed by atoms with Crippen LogP contribution in [0.3, 0.4) is 0 Å². The molecule has 0 aliphatic carbocycles. The third-order valence-electron chi connectivity index (χ3n) is 2.92. The molecule has 2 rings (SSSR count). The van der Waals surface area contributed by atoms with Gasteiger partial charge < -0.3 is 9.73 Å². The van der Waals surface area contributed by atoms with Crippen molar-refractivity contribution in [3.05, 3.63) is 46.6 Å². The normalized spacial score (nSPS) is 11.5. The topological polar surface area (TPSA) is 101 Å².